The molecule has 0 bridgehead atoms. The number of aromatic nitrogens is 4. The Labute approximate surface area is 139 Å². The van der Waals surface area contributed by atoms with Gasteiger partial charge < -0.3 is 4.74 Å². The van der Waals surface area contributed by atoms with Crippen molar-refractivity contribution in [2.75, 3.05) is 6.61 Å². The first kappa shape index (κ1) is 15.6. The fourth-order valence-electron chi connectivity index (χ4n) is 2.25. The maximum absolute atomic E-state index is 5.67. The number of para-hydroxylation sites is 1. The molecule has 0 fully saturated rings. The molecule has 0 N–H and O–H groups in total. The Morgan fingerprint density at radius 3 is 2.83 bits per heavy atom. The topological polar surface area (TPSA) is 52.8 Å². The molecule has 2 aromatic carbocycles. The third-order valence-electron chi connectivity index (χ3n) is 3.32. The van der Waals surface area contributed by atoms with Crippen LogP contribution < -0.4 is 4.74 Å². The number of hydrogen-bond acceptors (Lipinski definition) is 5. The summed E-state index contributed by atoms with van der Waals surface area (Å²) in [6, 6.07) is 16.2. The molecule has 0 amide bonds. The van der Waals surface area contributed by atoms with Crippen molar-refractivity contribution in [1.29, 1.82) is 0 Å². The molecule has 3 rings (SSSR count). The molecule has 0 aliphatic carbocycles. The van der Waals surface area contributed by atoms with Crippen LogP contribution in [0, 0.1) is 6.92 Å². The number of rotatable bonds is 6. The first-order valence-corrected chi connectivity index (χ1v) is 8.45. The Hall–Kier alpha value is -2.34. The monoisotopic (exact) mass is 326 g/mol. The lowest BCUT2D eigenvalue weighted by atomic mass is 10.2. The summed E-state index contributed by atoms with van der Waals surface area (Å²) in [5.74, 6) is 1.67. The molecular formula is C17H18N4OS. The Kier molecular flexibility index (Phi) is 4.92. The Bertz CT molecular complexity index is 788. The molecule has 0 aliphatic heterocycles. The number of tetrazole rings is 1. The fraction of sp³-hybridized carbons (Fsp3) is 0.235. The minimum absolute atomic E-state index is 0.655. The predicted octanol–water partition coefficient (Wildman–Crippen LogP) is 3.66. The molecule has 5 nitrogen and oxygen atoms in total. The number of aryl methyl sites for hydroxylation is 1. The molecule has 1 aromatic heterocycles. The van der Waals surface area contributed by atoms with E-state index >= 15 is 0 Å². The van der Waals surface area contributed by atoms with Crippen LogP contribution in [0.1, 0.15) is 18.1 Å². The first-order valence-electron chi connectivity index (χ1n) is 7.47. The van der Waals surface area contributed by atoms with Crippen LogP contribution in [-0.2, 0) is 5.75 Å². The van der Waals surface area contributed by atoms with Crippen LogP contribution in [0.5, 0.6) is 5.75 Å². The number of benzene rings is 2. The minimum Gasteiger partial charge on any atom is -0.494 e. The molecule has 23 heavy (non-hydrogen) atoms. The number of nitrogens with zero attached hydrogens (tertiary/aromatic N) is 4. The fourth-order valence-corrected chi connectivity index (χ4v) is 3.13. The smallest absolute Gasteiger partial charge is 0.214 e. The highest BCUT2D eigenvalue weighted by atomic mass is 32.2. The summed E-state index contributed by atoms with van der Waals surface area (Å²) in [6.45, 7) is 4.70. The second-order valence-electron chi connectivity index (χ2n) is 5.04. The maximum Gasteiger partial charge on any atom is 0.214 e. The van der Waals surface area contributed by atoms with E-state index in [-0.39, 0.29) is 0 Å². The molecule has 0 aliphatic rings. The lowest BCUT2D eigenvalue weighted by Gasteiger charge is -2.09. The van der Waals surface area contributed by atoms with E-state index in [1.165, 1.54) is 5.56 Å². The van der Waals surface area contributed by atoms with Crippen molar-refractivity contribution in [1.82, 2.24) is 20.2 Å². The van der Waals surface area contributed by atoms with Crippen LogP contribution in [0.3, 0.4) is 0 Å². The molecule has 0 spiro atoms. The molecule has 118 valence electrons. The van der Waals surface area contributed by atoms with Gasteiger partial charge in [0.2, 0.25) is 5.16 Å². The van der Waals surface area contributed by atoms with E-state index in [1.54, 1.807) is 16.4 Å². The number of thioether (sulfide) groups is 1. The van der Waals surface area contributed by atoms with Gasteiger partial charge in [0.25, 0.3) is 0 Å². The van der Waals surface area contributed by atoms with Gasteiger partial charge in [0.15, 0.2) is 0 Å². The first-order chi connectivity index (χ1) is 11.3. The van der Waals surface area contributed by atoms with E-state index in [2.05, 4.69) is 40.6 Å². The van der Waals surface area contributed by atoms with E-state index in [0.717, 1.165) is 27.9 Å². The molecular weight excluding hydrogens is 308 g/mol. The summed E-state index contributed by atoms with van der Waals surface area (Å²) in [5.41, 5.74) is 3.28. The Morgan fingerprint density at radius 1 is 1.13 bits per heavy atom. The standard InChI is InChI=1S/C17H18N4OS/c1-3-22-16-10-5-4-8-14(16)12-23-17-18-19-20-21(17)15-9-6-7-13(2)11-15/h4-11H,3,12H2,1-2H3. The van der Waals surface area contributed by atoms with Crippen molar-refractivity contribution in [2.45, 2.75) is 24.8 Å². The summed E-state index contributed by atoms with van der Waals surface area (Å²) >= 11 is 1.59. The molecule has 6 heteroatoms. The molecule has 0 saturated carbocycles. The highest BCUT2D eigenvalue weighted by Crippen LogP contribution is 2.27. The van der Waals surface area contributed by atoms with Crippen LogP contribution in [0.4, 0.5) is 0 Å². The van der Waals surface area contributed by atoms with E-state index in [9.17, 15) is 0 Å². The third-order valence-corrected chi connectivity index (χ3v) is 4.28. The molecule has 0 saturated heterocycles. The zero-order valence-corrected chi connectivity index (χ0v) is 14.0. The molecule has 0 atom stereocenters. The van der Waals surface area contributed by atoms with Crippen molar-refractivity contribution >= 4 is 11.8 Å². The van der Waals surface area contributed by atoms with E-state index < -0.39 is 0 Å². The maximum atomic E-state index is 5.67. The average molecular weight is 326 g/mol. The van der Waals surface area contributed by atoms with Gasteiger partial charge in [-0.2, -0.15) is 4.68 Å². The van der Waals surface area contributed by atoms with E-state index in [1.807, 2.05) is 37.3 Å². The van der Waals surface area contributed by atoms with Gasteiger partial charge in [0.05, 0.1) is 12.3 Å². The van der Waals surface area contributed by atoms with Gasteiger partial charge in [0.1, 0.15) is 5.75 Å². The highest BCUT2D eigenvalue weighted by molar-refractivity contribution is 7.98. The Balaban J connectivity index is 1.79. The van der Waals surface area contributed by atoms with Crippen molar-refractivity contribution < 1.29 is 4.74 Å². The summed E-state index contributed by atoms with van der Waals surface area (Å²) < 4.78 is 7.43. The van der Waals surface area contributed by atoms with Gasteiger partial charge >= 0.3 is 0 Å². The van der Waals surface area contributed by atoms with Crippen LogP contribution >= 0.6 is 11.8 Å². The molecule has 0 radical (unpaired) electrons. The zero-order chi connectivity index (χ0) is 16.1. The normalized spacial score (nSPS) is 10.7. The van der Waals surface area contributed by atoms with Crippen LogP contribution in [0.25, 0.3) is 5.69 Å². The largest absolute Gasteiger partial charge is 0.494 e. The van der Waals surface area contributed by atoms with Gasteiger partial charge in [0, 0.05) is 11.3 Å². The van der Waals surface area contributed by atoms with Crippen molar-refractivity contribution in [3.05, 3.63) is 59.7 Å². The third kappa shape index (κ3) is 3.71. The van der Waals surface area contributed by atoms with E-state index in [4.69, 9.17) is 4.74 Å². The number of hydrogen-bond donors (Lipinski definition) is 0. The van der Waals surface area contributed by atoms with Crippen LogP contribution in [-0.4, -0.2) is 26.8 Å². The van der Waals surface area contributed by atoms with Crippen molar-refractivity contribution in [3.63, 3.8) is 0 Å². The molecule has 3 aromatic rings. The van der Waals surface area contributed by atoms with Crippen LogP contribution in [0.15, 0.2) is 53.7 Å². The number of ether oxygens (including phenoxy) is 1. The summed E-state index contributed by atoms with van der Waals surface area (Å²) in [7, 11) is 0. The van der Waals surface area contributed by atoms with Gasteiger partial charge in [-0.05, 0) is 48.0 Å². The molecule has 0 unspecified atom stereocenters. The summed E-state index contributed by atoms with van der Waals surface area (Å²) in [4.78, 5) is 0. The lowest BCUT2D eigenvalue weighted by molar-refractivity contribution is 0.337. The second-order valence-corrected chi connectivity index (χ2v) is 5.98. The van der Waals surface area contributed by atoms with Crippen LogP contribution in [0.2, 0.25) is 0 Å². The zero-order valence-electron chi connectivity index (χ0n) is 13.1. The van der Waals surface area contributed by atoms with Gasteiger partial charge in [-0.15, -0.1) is 5.10 Å². The van der Waals surface area contributed by atoms with E-state index in [0.29, 0.717) is 6.61 Å². The summed E-state index contributed by atoms with van der Waals surface area (Å²) in [5, 5.41) is 12.8. The van der Waals surface area contributed by atoms with Gasteiger partial charge in [-0.25, -0.2) is 0 Å². The predicted molar refractivity (Wildman–Crippen MR) is 91.1 cm³/mol. The quantitative estimate of drug-likeness (QED) is 0.647. The average Bonchev–Trinajstić information content (AvgIpc) is 3.03. The highest BCUT2D eigenvalue weighted by Gasteiger charge is 2.11. The summed E-state index contributed by atoms with van der Waals surface area (Å²) in [6.07, 6.45) is 0. The van der Waals surface area contributed by atoms with Gasteiger partial charge in [-0.3, -0.25) is 0 Å². The van der Waals surface area contributed by atoms with Gasteiger partial charge in [-0.1, -0.05) is 42.1 Å². The van der Waals surface area contributed by atoms with Crippen molar-refractivity contribution in [2.24, 2.45) is 0 Å². The van der Waals surface area contributed by atoms with Crippen molar-refractivity contribution in [3.8, 4) is 11.4 Å². The lowest BCUT2D eigenvalue weighted by Crippen LogP contribution is -2.00. The minimum atomic E-state index is 0.655. The SMILES string of the molecule is CCOc1ccccc1CSc1nnnn1-c1cccc(C)c1. The molecule has 1 heterocycles. The Morgan fingerprint density at radius 2 is 2.00 bits per heavy atom. The second kappa shape index (κ2) is 7.28.